The smallest absolute Gasteiger partial charge is 0.229 e. The maximum Gasteiger partial charge on any atom is 0.229 e. The molecule has 3 aromatic rings. The number of anilines is 3. The predicted molar refractivity (Wildman–Crippen MR) is 113 cm³/mol. The van der Waals surface area contributed by atoms with Crippen molar-refractivity contribution in [2.75, 3.05) is 54.4 Å². The molecule has 2 aliphatic rings. The maximum atomic E-state index is 6.46. The summed E-state index contributed by atoms with van der Waals surface area (Å²) in [6.45, 7) is 6.06. The number of piperazine rings is 1. The van der Waals surface area contributed by atoms with E-state index in [-0.39, 0.29) is 0 Å². The molecule has 3 aromatic heterocycles. The van der Waals surface area contributed by atoms with Crippen LogP contribution in [0.2, 0.25) is 5.15 Å². The summed E-state index contributed by atoms with van der Waals surface area (Å²) in [5.74, 6) is 2.05. The fourth-order valence-corrected chi connectivity index (χ4v) is 3.94. The van der Waals surface area contributed by atoms with Gasteiger partial charge < -0.3 is 24.9 Å². The van der Waals surface area contributed by atoms with Crippen LogP contribution in [-0.4, -0.2) is 59.2 Å². The van der Waals surface area contributed by atoms with Crippen molar-refractivity contribution in [3.63, 3.8) is 0 Å². The van der Waals surface area contributed by atoms with E-state index >= 15 is 0 Å². The van der Waals surface area contributed by atoms with Gasteiger partial charge in [0.25, 0.3) is 0 Å². The van der Waals surface area contributed by atoms with Gasteiger partial charge in [0, 0.05) is 51.4 Å². The average molecular weight is 415 g/mol. The Hall–Kier alpha value is -2.65. The largest absolute Gasteiger partial charge is 0.472 e. The number of furan rings is 1. The number of halogens is 1. The zero-order valence-electron chi connectivity index (χ0n) is 16.1. The van der Waals surface area contributed by atoms with Crippen LogP contribution in [0, 0.1) is 0 Å². The molecule has 2 aliphatic heterocycles. The van der Waals surface area contributed by atoms with E-state index in [0.717, 1.165) is 63.5 Å². The third kappa shape index (κ3) is 3.79. The van der Waals surface area contributed by atoms with Crippen LogP contribution in [0.1, 0.15) is 18.4 Å². The summed E-state index contributed by atoms with van der Waals surface area (Å²) in [5.41, 5.74) is 2.23. The Morgan fingerprint density at radius 3 is 2.62 bits per heavy atom. The lowest BCUT2D eigenvalue weighted by atomic mass is 10.3. The van der Waals surface area contributed by atoms with Crippen molar-refractivity contribution >= 4 is 40.3 Å². The SMILES string of the molecule is Clc1nc2c(N3CCCC3)nc(N3CCNCC3)nc2nc1NCc1ccoc1. The highest BCUT2D eigenvalue weighted by molar-refractivity contribution is 6.32. The second kappa shape index (κ2) is 8.00. The zero-order chi connectivity index (χ0) is 19.6. The molecule has 10 heteroatoms. The van der Waals surface area contributed by atoms with E-state index in [1.165, 1.54) is 0 Å². The molecule has 0 bridgehead atoms. The summed E-state index contributed by atoms with van der Waals surface area (Å²) in [4.78, 5) is 23.4. The van der Waals surface area contributed by atoms with Crippen LogP contribution >= 0.6 is 11.6 Å². The van der Waals surface area contributed by atoms with Gasteiger partial charge in [-0.3, -0.25) is 0 Å². The van der Waals surface area contributed by atoms with Gasteiger partial charge in [0.15, 0.2) is 28.0 Å². The molecule has 5 heterocycles. The van der Waals surface area contributed by atoms with Crippen molar-refractivity contribution in [3.05, 3.63) is 29.3 Å². The Morgan fingerprint density at radius 1 is 1.03 bits per heavy atom. The van der Waals surface area contributed by atoms with Gasteiger partial charge in [-0.25, -0.2) is 9.97 Å². The van der Waals surface area contributed by atoms with Gasteiger partial charge in [-0.05, 0) is 18.9 Å². The minimum atomic E-state index is 0.319. The lowest BCUT2D eigenvalue weighted by molar-refractivity contribution is 0.564. The highest BCUT2D eigenvalue weighted by Crippen LogP contribution is 2.30. The topological polar surface area (TPSA) is 95.2 Å². The van der Waals surface area contributed by atoms with Crippen molar-refractivity contribution < 1.29 is 4.42 Å². The van der Waals surface area contributed by atoms with E-state index in [2.05, 4.69) is 25.4 Å². The van der Waals surface area contributed by atoms with E-state index in [4.69, 9.17) is 31.0 Å². The molecular weight excluding hydrogens is 392 g/mol. The zero-order valence-corrected chi connectivity index (χ0v) is 16.8. The first kappa shape index (κ1) is 18.4. The standard InChI is InChI=1S/C19H23ClN8O/c20-15-17(22-11-13-3-10-29-12-13)24-16-14(23-15)18(27-6-1-2-7-27)26-19(25-16)28-8-4-21-5-9-28/h3,10,12,21H,1-2,4-9,11H2,(H,22,24,25,26). The van der Waals surface area contributed by atoms with Crippen molar-refractivity contribution in [2.24, 2.45) is 0 Å². The fourth-order valence-electron chi connectivity index (χ4n) is 3.75. The monoisotopic (exact) mass is 414 g/mol. The van der Waals surface area contributed by atoms with Gasteiger partial charge in [-0.1, -0.05) is 11.6 Å². The number of rotatable bonds is 5. The van der Waals surface area contributed by atoms with Gasteiger partial charge in [0.2, 0.25) is 5.95 Å². The molecule has 29 heavy (non-hydrogen) atoms. The van der Waals surface area contributed by atoms with Gasteiger partial charge >= 0.3 is 0 Å². The maximum absolute atomic E-state index is 6.46. The lowest BCUT2D eigenvalue weighted by Gasteiger charge is -2.28. The van der Waals surface area contributed by atoms with Crippen LogP contribution in [0.25, 0.3) is 11.2 Å². The molecule has 0 saturated carbocycles. The first-order valence-electron chi connectivity index (χ1n) is 9.99. The number of aromatic nitrogens is 4. The number of nitrogens with zero attached hydrogens (tertiary/aromatic N) is 6. The molecule has 0 aliphatic carbocycles. The Kier molecular flexibility index (Phi) is 5.07. The lowest BCUT2D eigenvalue weighted by Crippen LogP contribution is -2.44. The predicted octanol–water partition coefficient (Wildman–Crippen LogP) is 2.29. The molecule has 0 unspecified atom stereocenters. The van der Waals surface area contributed by atoms with Crippen molar-refractivity contribution in [2.45, 2.75) is 19.4 Å². The third-order valence-corrected chi connectivity index (χ3v) is 5.57. The van der Waals surface area contributed by atoms with E-state index < -0.39 is 0 Å². The minimum absolute atomic E-state index is 0.319. The first-order chi connectivity index (χ1) is 14.3. The average Bonchev–Trinajstić information content (AvgIpc) is 3.46. The molecule has 0 spiro atoms. The quantitative estimate of drug-likeness (QED) is 0.651. The Labute approximate surface area is 173 Å². The fraction of sp³-hybridized carbons (Fsp3) is 0.474. The van der Waals surface area contributed by atoms with Crippen LogP contribution in [0.3, 0.4) is 0 Å². The summed E-state index contributed by atoms with van der Waals surface area (Å²) < 4.78 is 5.11. The van der Waals surface area contributed by atoms with E-state index in [1.54, 1.807) is 12.5 Å². The van der Waals surface area contributed by atoms with Crippen LogP contribution in [-0.2, 0) is 6.54 Å². The second-order valence-corrected chi connectivity index (χ2v) is 7.66. The molecule has 2 saturated heterocycles. The van der Waals surface area contributed by atoms with Gasteiger partial charge in [-0.15, -0.1) is 0 Å². The third-order valence-electron chi connectivity index (χ3n) is 5.30. The summed E-state index contributed by atoms with van der Waals surface area (Å²) in [7, 11) is 0. The van der Waals surface area contributed by atoms with Crippen molar-refractivity contribution in [1.29, 1.82) is 0 Å². The Morgan fingerprint density at radius 2 is 1.86 bits per heavy atom. The van der Waals surface area contributed by atoms with Crippen LogP contribution in [0.5, 0.6) is 0 Å². The number of hydrogen-bond acceptors (Lipinski definition) is 9. The normalized spacial score (nSPS) is 17.3. The van der Waals surface area contributed by atoms with E-state index in [9.17, 15) is 0 Å². The number of fused-ring (bicyclic) bond motifs is 1. The molecule has 0 amide bonds. The number of hydrogen-bond donors (Lipinski definition) is 2. The molecule has 5 rings (SSSR count). The molecule has 152 valence electrons. The van der Waals surface area contributed by atoms with E-state index in [0.29, 0.717) is 34.6 Å². The minimum Gasteiger partial charge on any atom is -0.472 e. The molecule has 0 atom stereocenters. The Balaban J connectivity index is 1.54. The van der Waals surface area contributed by atoms with Crippen molar-refractivity contribution in [1.82, 2.24) is 25.3 Å². The Bertz CT molecular complexity index is 984. The summed E-state index contributed by atoms with van der Waals surface area (Å²) in [6, 6.07) is 1.89. The highest BCUT2D eigenvalue weighted by atomic mass is 35.5. The van der Waals surface area contributed by atoms with Crippen molar-refractivity contribution in [3.8, 4) is 0 Å². The van der Waals surface area contributed by atoms with E-state index in [1.807, 2.05) is 6.07 Å². The summed E-state index contributed by atoms with van der Waals surface area (Å²) in [6.07, 6.45) is 5.63. The number of nitrogens with one attached hydrogen (secondary N) is 2. The van der Waals surface area contributed by atoms with Crippen LogP contribution < -0.4 is 20.4 Å². The van der Waals surface area contributed by atoms with Gasteiger partial charge in [0.05, 0.1) is 12.5 Å². The van der Waals surface area contributed by atoms with Crippen LogP contribution in [0.15, 0.2) is 23.0 Å². The summed E-state index contributed by atoms with van der Waals surface area (Å²) in [5, 5.41) is 6.92. The van der Waals surface area contributed by atoms with Gasteiger partial charge in [-0.2, -0.15) is 9.97 Å². The highest BCUT2D eigenvalue weighted by Gasteiger charge is 2.23. The molecule has 9 nitrogen and oxygen atoms in total. The summed E-state index contributed by atoms with van der Waals surface area (Å²) >= 11 is 6.46. The van der Waals surface area contributed by atoms with Gasteiger partial charge in [0.1, 0.15) is 0 Å². The molecule has 2 fully saturated rings. The molecular formula is C19H23ClN8O. The molecule has 2 N–H and O–H groups in total. The molecule has 0 radical (unpaired) electrons. The molecule has 0 aromatic carbocycles. The van der Waals surface area contributed by atoms with Crippen LogP contribution in [0.4, 0.5) is 17.6 Å². The second-order valence-electron chi connectivity index (χ2n) is 7.30. The first-order valence-corrected chi connectivity index (χ1v) is 10.4.